The minimum atomic E-state index is -0.863. The first-order valence-corrected chi connectivity index (χ1v) is 8.29. The molecule has 0 aromatic heterocycles. The molecule has 0 saturated heterocycles. The molecule has 2 aromatic rings. The van der Waals surface area contributed by atoms with Crippen molar-refractivity contribution in [2.45, 2.75) is 6.92 Å². The van der Waals surface area contributed by atoms with Gasteiger partial charge in [0.05, 0.1) is 25.5 Å². The average molecular weight is 382 g/mol. The number of imide groups is 1. The highest BCUT2D eigenvalue weighted by atomic mass is 16.5. The standard InChI is InChI=1S/C20H18N2O6/c1-11(23)21-13-6-4-12(5-7-13)17-18(24)20(26)22(19(17)25)15-10-14(27-2)8-9-16(15)28-3/h4-10,24H,1-3H3,(H,21,23). The zero-order chi connectivity index (χ0) is 20.4. The fourth-order valence-corrected chi connectivity index (χ4v) is 2.89. The fraction of sp³-hybridized carbons (Fsp3) is 0.150. The Kier molecular flexibility index (Phi) is 5.04. The maximum Gasteiger partial charge on any atom is 0.301 e. The van der Waals surface area contributed by atoms with Crippen LogP contribution in [0.4, 0.5) is 11.4 Å². The molecule has 0 saturated carbocycles. The van der Waals surface area contributed by atoms with Gasteiger partial charge in [0.1, 0.15) is 11.5 Å². The predicted octanol–water partition coefficient (Wildman–Crippen LogP) is 2.50. The van der Waals surface area contributed by atoms with E-state index in [1.165, 1.54) is 39.3 Å². The number of ether oxygens (including phenoxy) is 2. The largest absolute Gasteiger partial charge is 0.502 e. The third-order valence-electron chi connectivity index (χ3n) is 4.18. The van der Waals surface area contributed by atoms with Crippen LogP contribution in [-0.4, -0.2) is 37.0 Å². The number of carbonyl (C=O) groups is 3. The summed E-state index contributed by atoms with van der Waals surface area (Å²) in [5.41, 5.74) is 0.895. The van der Waals surface area contributed by atoms with Gasteiger partial charge in [-0.15, -0.1) is 0 Å². The van der Waals surface area contributed by atoms with Crippen LogP contribution in [0.25, 0.3) is 5.57 Å². The summed E-state index contributed by atoms with van der Waals surface area (Å²) >= 11 is 0. The van der Waals surface area contributed by atoms with Gasteiger partial charge in [0.15, 0.2) is 5.76 Å². The zero-order valence-electron chi connectivity index (χ0n) is 15.5. The zero-order valence-corrected chi connectivity index (χ0v) is 15.5. The van der Waals surface area contributed by atoms with E-state index in [0.29, 0.717) is 17.0 Å². The van der Waals surface area contributed by atoms with Gasteiger partial charge in [0, 0.05) is 18.7 Å². The van der Waals surface area contributed by atoms with E-state index >= 15 is 0 Å². The molecule has 3 amide bonds. The number of anilines is 2. The van der Waals surface area contributed by atoms with Crippen LogP contribution in [0.15, 0.2) is 48.2 Å². The number of carbonyl (C=O) groups excluding carboxylic acids is 3. The Morgan fingerprint density at radius 3 is 2.25 bits per heavy atom. The smallest absolute Gasteiger partial charge is 0.301 e. The predicted molar refractivity (Wildman–Crippen MR) is 102 cm³/mol. The van der Waals surface area contributed by atoms with Crippen molar-refractivity contribution in [1.29, 1.82) is 0 Å². The van der Waals surface area contributed by atoms with Crippen LogP contribution in [0.2, 0.25) is 0 Å². The Balaban J connectivity index is 2.00. The molecule has 0 spiro atoms. The third-order valence-corrected chi connectivity index (χ3v) is 4.18. The summed E-state index contributed by atoms with van der Waals surface area (Å²) in [7, 11) is 2.86. The van der Waals surface area contributed by atoms with Crippen LogP contribution in [-0.2, 0) is 14.4 Å². The molecule has 1 aliphatic rings. The maximum absolute atomic E-state index is 13.0. The molecule has 0 atom stereocenters. The Bertz CT molecular complexity index is 994. The number of aliphatic hydroxyl groups excluding tert-OH is 1. The Morgan fingerprint density at radius 1 is 1.00 bits per heavy atom. The number of aliphatic hydroxyl groups is 1. The molecule has 0 aliphatic carbocycles. The third kappa shape index (κ3) is 3.27. The molecule has 0 fully saturated rings. The van der Waals surface area contributed by atoms with Crippen LogP contribution in [0.3, 0.4) is 0 Å². The lowest BCUT2D eigenvalue weighted by atomic mass is 10.0. The first kappa shape index (κ1) is 19.0. The SMILES string of the molecule is COc1ccc(OC)c(N2C(=O)C(O)=C(c3ccc(NC(C)=O)cc3)C2=O)c1. The van der Waals surface area contributed by atoms with Gasteiger partial charge in [-0.25, -0.2) is 4.90 Å². The molecule has 144 valence electrons. The topological polar surface area (TPSA) is 105 Å². The summed E-state index contributed by atoms with van der Waals surface area (Å²) in [6.45, 7) is 1.38. The summed E-state index contributed by atoms with van der Waals surface area (Å²) < 4.78 is 10.4. The number of amides is 3. The van der Waals surface area contributed by atoms with Gasteiger partial charge >= 0.3 is 5.91 Å². The molecular formula is C20H18N2O6. The van der Waals surface area contributed by atoms with Crippen LogP contribution < -0.4 is 19.7 Å². The van der Waals surface area contributed by atoms with Crippen molar-refractivity contribution < 1.29 is 29.0 Å². The number of hydrogen-bond acceptors (Lipinski definition) is 6. The summed E-state index contributed by atoms with van der Waals surface area (Å²) in [5.74, 6) is -1.76. The first-order chi connectivity index (χ1) is 13.4. The van der Waals surface area contributed by atoms with Gasteiger partial charge in [0.25, 0.3) is 5.91 Å². The normalized spacial score (nSPS) is 13.8. The first-order valence-electron chi connectivity index (χ1n) is 8.29. The van der Waals surface area contributed by atoms with E-state index in [0.717, 1.165) is 4.90 Å². The van der Waals surface area contributed by atoms with E-state index in [2.05, 4.69) is 5.32 Å². The molecule has 0 radical (unpaired) electrons. The Labute approximate surface area is 161 Å². The lowest BCUT2D eigenvalue weighted by Gasteiger charge is -2.18. The van der Waals surface area contributed by atoms with Crippen LogP contribution in [0.5, 0.6) is 11.5 Å². The van der Waals surface area contributed by atoms with E-state index in [9.17, 15) is 19.5 Å². The van der Waals surface area contributed by atoms with Crippen molar-refractivity contribution in [3.63, 3.8) is 0 Å². The number of rotatable bonds is 5. The average Bonchev–Trinajstić information content (AvgIpc) is 2.90. The molecule has 8 nitrogen and oxygen atoms in total. The van der Waals surface area contributed by atoms with E-state index in [1.54, 1.807) is 24.3 Å². The number of nitrogens with one attached hydrogen (secondary N) is 1. The van der Waals surface area contributed by atoms with Crippen molar-refractivity contribution in [2.75, 3.05) is 24.4 Å². The fourth-order valence-electron chi connectivity index (χ4n) is 2.89. The monoisotopic (exact) mass is 382 g/mol. The van der Waals surface area contributed by atoms with Gasteiger partial charge in [-0.05, 0) is 29.8 Å². The summed E-state index contributed by atoms with van der Waals surface area (Å²) in [6.07, 6.45) is 0. The lowest BCUT2D eigenvalue weighted by Crippen LogP contribution is -2.31. The van der Waals surface area contributed by atoms with Gasteiger partial charge in [-0.3, -0.25) is 14.4 Å². The highest BCUT2D eigenvalue weighted by molar-refractivity contribution is 6.45. The molecule has 0 bridgehead atoms. The Morgan fingerprint density at radius 2 is 1.68 bits per heavy atom. The highest BCUT2D eigenvalue weighted by Crippen LogP contribution is 2.38. The lowest BCUT2D eigenvalue weighted by molar-refractivity contribution is -0.121. The molecule has 2 N–H and O–H groups in total. The minimum absolute atomic E-state index is 0.135. The quantitative estimate of drug-likeness (QED) is 0.770. The van der Waals surface area contributed by atoms with Crippen molar-refractivity contribution in [2.24, 2.45) is 0 Å². The van der Waals surface area contributed by atoms with E-state index < -0.39 is 17.6 Å². The van der Waals surface area contributed by atoms with E-state index in [4.69, 9.17) is 9.47 Å². The van der Waals surface area contributed by atoms with Gasteiger partial charge in [-0.1, -0.05) is 12.1 Å². The molecular weight excluding hydrogens is 364 g/mol. The van der Waals surface area contributed by atoms with Gasteiger partial charge < -0.3 is 19.9 Å². The molecule has 1 aliphatic heterocycles. The second kappa shape index (κ2) is 7.43. The summed E-state index contributed by atoms with van der Waals surface area (Å²) in [4.78, 5) is 37.6. The number of methoxy groups -OCH3 is 2. The number of benzene rings is 2. The molecule has 1 heterocycles. The molecule has 28 heavy (non-hydrogen) atoms. The minimum Gasteiger partial charge on any atom is -0.502 e. The van der Waals surface area contributed by atoms with Crippen molar-refractivity contribution >= 4 is 34.7 Å². The van der Waals surface area contributed by atoms with E-state index in [-0.39, 0.29) is 22.9 Å². The van der Waals surface area contributed by atoms with Crippen molar-refractivity contribution in [1.82, 2.24) is 0 Å². The molecule has 8 heteroatoms. The van der Waals surface area contributed by atoms with Crippen molar-refractivity contribution in [3.8, 4) is 11.5 Å². The second-order valence-corrected chi connectivity index (χ2v) is 5.97. The molecule has 3 rings (SSSR count). The number of nitrogens with zero attached hydrogens (tertiary/aromatic N) is 1. The van der Waals surface area contributed by atoms with Crippen LogP contribution in [0.1, 0.15) is 12.5 Å². The number of hydrogen-bond donors (Lipinski definition) is 2. The van der Waals surface area contributed by atoms with Crippen LogP contribution >= 0.6 is 0 Å². The van der Waals surface area contributed by atoms with Gasteiger partial charge in [0.2, 0.25) is 5.91 Å². The Hall–Kier alpha value is -3.81. The molecule has 2 aromatic carbocycles. The van der Waals surface area contributed by atoms with E-state index in [1.807, 2.05) is 0 Å². The molecule has 0 unspecified atom stereocenters. The summed E-state index contributed by atoms with van der Waals surface area (Å²) in [6, 6.07) is 10.9. The van der Waals surface area contributed by atoms with Crippen LogP contribution in [0, 0.1) is 0 Å². The highest BCUT2D eigenvalue weighted by Gasteiger charge is 2.41. The summed E-state index contributed by atoms with van der Waals surface area (Å²) in [5, 5.41) is 12.9. The maximum atomic E-state index is 13.0. The van der Waals surface area contributed by atoms with Crippen molar-refractivity contribution in [3.05, 3.63) is 53.8 Å². The van der Waals surface area contributed by atoms with Gasteiger partial charge in [-0.2, -0.15) is 0 Å². The second-order valence-electron chi connectivity index (χ2n) is 5.97.